The van der Waals surface area contributed by atoms with Gasteiger partial charge >= 0.3 is 0 Å². The molecule has 0 amide bonds. The van der Waals surface area contributed by atoms with Crippen LogP contribution >= 0.6 is 11.3 Å². The van der Waals surface area contributed by atoms with Crippen molar-refractivity contribution in [1.82, 2.24) is 0 Å². The molecule has 2 heteroatoms. The largest absolute Gasteiger partial charge is 0.310 e. The molecule has 74 heavy (non-hydrogen) atoms. The lowest BCUT2D eigenvalue weighted by Crippen LogP contribution is -2.28. The van der Waals surface area contributed by atoms with E-state index in [1.54, 1.807) is 0 Å². The number of hydrogen-bond acceptors (Lipinski definition) is 2. The van der Waals surface area contributed by atoms with Crippen molar-refractivity contribution in [2.45, 2.75) is 63.2 Å². The molecule has 1 nitrogen and oxygen atoms in total. The standard InChI is InChI=1S/C72H57NS/c1-69(2,3)50-32-38-56-57-39-33-51(70(4,5)6)43-64(57)72(63(56)42-50)65-45-54(36-40-58(65)67-59-27-17-19-29-66(59)74-68(67)72)73(52-34-30-47(31-35-52)46-20-10-7-11-21-46)53-37-41-62-60(44-53)55-26-16-18-28-61(55)71(62,48-22-12-8-13-23-48)49-24-14-9-15-25-49/h7-45H,1-6H3. The lowest BCUT2D eigenvalue weighted by Gasteiger charge is -2.34. The molecule has 0 aliphatic heterocycles. The monoisotopic (exact) mass is 967 g/mol. The molecular weight excluding hydrogens is 911 g/mol. The summed E-state index contributed by atoms with van der Waals surface area (Å²) in [6, 6.07) is 89.9. The van der Waals surface area contributed by atoms with E-state index >= 15 is 0 Å². The Morgan fingerprint density at radius 2 is 0.811 bits per heavy atom. The summed E-state index contributed by atoms with van der Waals surface area (Å²) < 4.78 is 1.33. The van der Waals surface area contributed by atoms with Gasteiger partial charge in [-0.2, -0.15) is 0 Å². The third-order valence-electron chi connectivity index (χ3n) is 16.7. The quantitative estimate of drug-likeness (QED) is 0.160. The zero-order chi connectivity index (χ0) is 50.1. The fraction of sp³-hybridized carbons (Fsp3) is 0.139. The smallest absolute Gasteiger partial charge is 0.0820 e. The molecule has 0 fully saturated rings. The third-order valence-corrected chi connectivity index (χ3v) is 18.0. The molecule has 3 aliphatic carbocycles. The minimum atomic E-state index is -0.539. The van der Waals surface area contributed by atoms with Crippen molar-refractivity contribution in [2.24, 2.45) is 0 Å². The third kappa shape index (κ3) is 6.34. The van der Waals surface area contributed by atoms with Gasteiger partial charge in [0.1, 0.15) is 0 Å². The second-order valence-corrected chi connectivity index (χ2v) is 23.9. The van der Waals surface area contributed by atoms with Gasteiger partial charge in [-0.15, -0.1) is 11.3 Å². The molecule has 1 heterocycles. The van der Waals surface area contributed by atoms with Crippen LogP contribution in [0.1, 0.15) is 96.5 Å². The van der Waals surface area contributed by atoms with E-state index in [1.165, 1.54) is 110 Å². The van der Waals surface area contributed by atoms with Gasteiger partial charge in [-0.25, -0.2) is 0 Å². The van der Waals surface area contributed by atoms with Crippen LogP contribution in [0.15, 0.2) is 237 Å². The Kier molecular flexibility index (Phi) is 9.79. The predicted octanol–water partition coefficient (Wildman–Crippen LogP) is 19.3. The number of fused-ring (bicyclic) bond motifs is 15. The minimum Gasteiger partial charge on any atom is -0.310 e. The molecule has 0 saturated carbocycles. The Hall–Kier alpha value is -8.04. The molecule has 0 bridgehead atoms. The van der Waals surface area contributed by atoms with E-state index in [9.17, 15) is 0 Å². The molecule has 3 aliphatic rings. The van der Waals surface area contributed by atoms with Crippen molar-refractivity contribution in [2.75, 3.05) is 4.90 Å². The average Bonchev–Trinajstić information content (AvgIpc) is 4.14. The van der Waals surface area contributed by atoms with Crippen LogP contribution < -0.4 is 4.90 Å². The van der Waals surface area contributed by atoms with E-state index in [0.717, 1.165) is 17.1 Å². The molecule has 10 aromatic carbocycles. The van der Waals surface area contributed by atoms with Gasteiger partial charge in [0.2, 0.25) is 0 Å². The van der Waals surface area contributed by atoms with Crippen LogP contribution in [0.25, 0.3) is 54.6 Å². The first-order valence-electron chi connectivity index (χ1n) is 26.2. The Labute approximate surface area is 440 Å². The average molecular weight is 968 g/mol. The van der Waals surface area contributed by atoms with Gasteiger partial charge in [-0.05, 0) is 142 Å². The molecule has 1 spiro atoms. The van der Waals surface area contributed by atoms with Crippen LogP contribution in [0.5, 0.6) is 0 Å². The highest BCUT2D eigenvalue weighted by Gasteiger charge is 2.54. The maximum atomic E-state index is 2.58. The molecule has 0 atom stereocenters. The summed E-state index contributed by atoms with van der Waals surface area (Å²) in [4.78, 5) is 3.95. The topological polar surface area (TPSA) is 3.24 Å². The maximum absolute atomic E-state index is 2.58. The molecule has 11 aromatic rings. The SMILES string of the molecule is CC(C)(C)c1ccc2c(c1)C1(c3cc(C(C)(C)C)ccc3-2)c2cc(N(c3ccc(-c4ccccc4)cc3)c3ccc4c(c3)-c3ccccc3C4(c3ccccc3)c3ccccc3)ccc2-c2c1sc1ccccc21. The summed E-state index contributed by atoms with van der Waals surface area (Å²) in [5, 5.41) is 1.33. The first kappa shape index (κ1) is 44.6. The van der Waals surface area contributed by atoms with Gasteiger partial charge in [0, 0.05) is 37.6 Å². The van der Waals surface area contributed by atoms with Gasteiger partial charge in [-0.1, -0.05) is 236 Å². The van der Waals surface area contributed by atoms with Crippen molar-refractivity contribution < 1.29 is 0 Å². The minimum absolute atomic E-state index is 0.0403. The predicted molar refractivity (Wildman–Crippen MR) is 313 cm³/mol. The zero-order valence-electron chi connectivity index (χ0n) is 42.9. The highest BCUT2D eigenvalue weighted by molar-refractivity contribution is 7.20. The van der Waals surface area contributed by atoms with Crippen LogP contribution in [0.2, 0.25) is 0 Å². The fourth-order valence-corrected chi connectivity index (χ4v) is 14.6. The Balaban J connectivity index is 1.05. The van der Waals surface area contributed by atoms with Crippen LogP contribution in [0.3, 0.4) is 0 Å². The van der Waals surface area contributed by atoms with Gasteiger partial charge in [0.15, 0.2) is 0 Å². The molecule has 1 aromatic heterocycles. The summed E-state index contributed by atoms with van der Waals surface area (Å²) in [7, 11) is 0. The van der Waals surface area contributed by atoms with E-state index in [0.29, 0.717) is 0 Å². The van der Waals surface area contributed by atoms with Crippen LogP contribution in [-0.4, -0.2) is 0 Å². The van der Waals surface area contributed by atoms with Crippen molar-refractivity contribution in [3.63, 3.8) is 0 Å². The number of anilines is 3. The second-order valence-electron chi connectivity index (χ2n) is 22.8. The number of rotatable bonds is 6. The summed E-state index contributed by atoms with van der Waals surface area (Å²) >= 11 is 1.99. The van der Waals surface area contributed by atoms with Crippen LogP contribution in [0, 0.1) is 0 Å². The Morgan fingerprint density at radius 3 is 1.45 bits per heavy atom. The Bertz CT molecular complexity index is 3910. The van der Waals surface area contributed by atoms with Gasteiger partial charge in [-0.3, -0.25) is 0 Å². The number of nitrogens with zero attached hydrogens (tertiary/aromatic N) is 1. The summed E-state index contributed by atoms with van der Waals surface area (Å²) in [5.41, 5.74) is 24.5. The van der Waals surface area contributed by atoms with Crippen molar-refractivity contribution in [1.29, 1.82) is 0 Å². The van der Waals surface area contributed by atoms with Crippen molar-refractivity contribution in [3.05, 3.63) is 292 Å². The number of hydrogen-bond donors (Lipinski definition) is 0. The van der Waals surface area contributed by atoms with Crippen molar-refractivity contribution in [3.8, 4) is 44.5 Å². The van der Waals surface area contributed by atoms with Crippen molar-refractivity contribution >= 4 is 38.5 Å². The second kappa shape index (κ2) is 16.2. The first-order valence-corrected chi connectivity index (χ1v) is 27.1. The molecule has 14 rings (SSSR count). The van der Waals surface area contributed by atoms with Crippen LogP contribution in [0.4, 0.5) is 17.1 Å². The molecule has 0 radical (unpaired) electrons. The molecule has 356 valence electrons. The van der Waals surface area contributed by atoms with E-state index in [4.69, 9.17) is 0 Å². The zero-order valence-corrected chi connectivity index (χ0v) is 43.7. The van der Waals surface area contributed by atoms with E-state index < -0.39 is 10.8 Å². The summed E-state index contributed by atoms with van der Waals surface area (Å²) in [5.74, 6) is 0. The molecule has 0 unspecified atom stereocenters. The van der Waals surface area contributed by atoms with E-state index in [1.807, 2.05) is 11.3 Å². The highest BCUT2D eigenvalue weighted by atomic mass is 32.1. The number of benzene rings is 10. The number of thiophene rings is 1. The Morgan fingerprint density at radius 1 is 0.338 bits per heavy atom. The summed E-state index contributed by atoms with van der Waals surface area (Å²) in [6.45, 7) is 14.1. The van der Waals surface area contributed by atoms with E-state index in [2.05, 4.69) is 283 Å². The molecule has 0 saturated heterocycles. The maximum Gasteiger partial charge on any atom is 0.0820 e. The van der Waals surface area contributed by atoms with Gasteiger partial charge in [0.25, 0.3) is 0 Å². The fourth-order valence-electron chi connectivity index (χ4n) is 13.1. The first-order chi connectivity index (χ1) is 36.0. The van der Waals surface area contributed by atoms with Gasteiger partial charge < -0.3 is 4.90 Å². The van der Waals surface area contributed by atoms with Gasteiger partial charge in [0.05, 0.1) is 10.8 Å². The summed E-state index contributed by atoms with van der Waals surface area (Å²) in [6.07, 6.45) is 0. The highest BCUT2D eigenvalue weighted by Crippen LogP contribution is 2.67. The lowest BCUT2D eigenvalue weighted by molar-refractivity contribution is 0.587. The van der Waals surface area contributed by atoms with E-state index in [-0.39, 0.29) is 10.8 Å². The normalized spacial score (nSPS) is 14.3. The molecular formula is C72H57NS. The molecule has 0 N–H and O–H groups in total. The van der Waals surface area contributed by atoms with Crippen LogP contribution in [-0.2, 0) is 21.7 Å². The lowest BCUT2D eigenvalue weighted by atomic mass is 9.68.